The Balaban J connectivity index is 1.73. The summed E-state index contributed by atoms with van der Waals surface area (Å²) in [6.45, 7) is 3.65. The Morgan fingerprint density at radius 3 is 1.65 bits per heavy atom. The van der Waals surface area contributed by atoms with Crippen LogP contribution in [0, 0.1) is 0 Å². The summed E-state index contributed by atoms with van der Waals surface area (Å²) in [4.78, 5) is 0. The summed E-state index contributed by atoms with van der Waals surface area (Å²) in [5.41, 5.74) is 1.69. The monoisotopic (exact) mass is 462 g/mol. The van der Waals surface area contributed by atoms with E-state index in [1.54, 1.807) is 0 Å². The Labute approximate surface area is 199 Å². The summed E-state index contributed by atoms with van der Waals surface area (Å²) < 4.78 is 18.0. The molecule has 0 spiro atoms. The van der Waals surface area contributed by atoms with E-state index in [1.165, 1.54) is 6.08 Å². The molecule has 4 rings (SSSR count). The fourth-order valence-electron chi connectivity index (χ4n) is 4.33. The van der Waals surface area contributed by atoms with Crippen LogP contribution in [0.1, 0.15) is 16.7 Å². The van der Waals surface area contributed by atoms with Crippen LogP contribution in [-0.2, 0) is 19.8 Å². The number of aliphatic hydroxyl groups excluding tert-OH is 3. The second-order valence-corrected chi connectivity index (χ2v) is 8.23. The van der Waals surface area contributed by atoms with Crippen LogP contribution in [0.4, 0.5) is 0 Å². The molecule has 3 aromatic carbocycles. The van der Waals surface area contributed by atoms with Crippen LogP contribution in [-0.4, -0.2) is 59.2 Å². The molecule has 1 saturated heterocycles. The predicted molar refractivity (Wildman–Crippen MR) is 128 cm³/mol. The third-order valence-corrected chi connectivity index (χ3v) is 6.05. The van der Waals surface area contributed by atoms with Crippen LogP contribution in [0.2, 0.25) is 0 Å². The van der Waals surface area contributed by atoms with Gasteiger partial charge in [-0.25, -0.2) is 0 Å². The molecule has 178 valence electrons. The van der Waals surface area contributed by atoms with E-state index in [2.05, 4.69) is 6.58 Å². The second kappa shape index (κ2) is 11.1. The summed E-state index contributed by atoms with van der Waals surface area (Å²) in [5.74, 6) is 0. The fraction of sp³-hybridized carbons (Fsp3) is 0.286. The highest BCUT2D eigenvalue weighted by atomic mass is 16.7. The summed E-state index contributed by atoms with van der Waals surface area (Å²) in [5, 5.41) is 31.4. The summed E-state index contributed by atoms with van der Waals surface area (Å²) in [6, 6.07) is 29.5. The van der Waals surface area contributed by atoms with Crippen LogP contribution in [0.3, 0.4) is 0 Å². The number of rotatable bonds is 9. The lowest BCUT2D eigenvalue weighted by Crippen LogP contribution is -2.59. The standard InChI is InChI=1S/C28H30O6/c1-2-18-32-27-26(31)25(30)24(29)23(34-27)19-33-28(20-12-6-3-7-13-20,21-14-8-4-9-15-21)22-16-10-5-11-17-22/h2-17,23-27,29-31H,1,18-19H2/t23-,24-,25+,26-,27?/m1/s1. The van der Waals surface area contributed by atoms with E-state index in [-0.39, 0.29) is 13.2 Å². The first-order chi connectivity index (χ1) is 16.6. The molecule has 6 heteroatoms. The van der Waals surface area contributed by atoms with Gasteiger partial charge in [0.25, 0.3) is 0 Å². The van der Waals surface area contributed by atoms with Crippen LogP contribution in [0.15, 0.2) is 104 Å². The molecule has 5 atom stereocenters. The van der Waals surface area contributed by atoms with Crippen LogP contribution >= 0.6 is 0 Å². The first kappa shape index (κ1) is 24.3. The predicted octanol–water partition coefficient (Wildman–Crippen LogP) is 3.01. The van der Waals surface area contributed by atoms with Crippen molar-refractivity contribution in [1.29, 1.82) is 0 Å². The normalized spacial score (nSPS) is 25.1. The summed E-state index contributed by atoms with van der Waals surface area (Å²) in [7, 11) is 0. The molecule has 1 fully saturated rings. The molecule has 1 heterocycles. The first-order valence-electron chi connectivity index (χ1n) is 11.3. The molecular formula is C28H30O6. The molecule has 3 aromatic rings. The smallest absolute Gasteiger partial charge is 0.187 e. The minimum absolute atomic E-state index is 0.0718. The van der Waals surface area contributed by atoms with Crippen molar-refractivity contribution in [2.24, 2.45) is 0 Å². The number of hydrogen-bond donors (Lipinski definition) is 3. The Hall–Kier alpha value is -2.84. The number of benzene rings is 3. The van der Waals surface area contributed by atoms with Crippen LogP contribution in [0.5, 0.6) is 0 Å². The van der Waals surface area contributed by atoms with E-state index in [1.807, 2.05) is 91.0 Å². The fourth-order valence-corrected chi connectivity index (χ4v) is 4.33. The average Bonchev–Trinajstić information content (AvgIpc) is 2.90. The summed E-state index contributed by atoms with van der Waals surface area (Å²) in [6.07, 6.45) is -4.75. The van der Waals surface area contributed by atoms with Crippen molar-refractivity contribution in [3.05, 3.63) is 120 Å². The Kier molecular flexibility index (Phi) is 7.90. The molecule has 0 saturated carbocycles. The lowest BCUT2D eigenvalue weighted by atomic mass is 9.80. The molecule has 0 bridgehead atoms. The zero-order valence-electron chi connectivity index (χ0n) is 18.8. The minimum Gasteiger partial charge on any atom is -0.387 e. The van der Waals surface area contributed by atoms with Gasteiger partial charge in [0.2, 0.25) is 0 Å². The van der Waals surface area contributed by atoms with E-state index in [4.69, 9.17) is 14.2 Å². The highest BCUT2D eigenvalue weighted by Gasteiger charge is 2.46. The molecule has 1 aliphatic heterocycles. The van der Waals surface area contributed by atoms with Crippen molar-refractivity contribution in [2.45, 2.75) is 36.3 Å². The quantitative estimate of drug-likeness (QED) is 0.335. The van der Waals surface area contributed by atoms with Gasteiger partial charge in [-0.3, -0.25) is 0 Å². The van der Waals surface area contributed by atoms with Gasteiger partial charge >= 0.3 is 0 Å². The van der Waals surface area contributed by atoms with Crippen molar-refractivity contribution in [3.8, 4) is 0 Å². The minimum atomic E-state index is -1.45. The Bertz CT molecular complexity index is 930. The van der Waals surface area contributed by atoms with Crippen molar-refractivity contribution in [2.75, 3.05) is 13.2 Å². The molecule has 1 aliphatic rings. The maximum atomic E-state index is 10.7. The second-order valence-electron chi connectivity index (χ2n) is 8.23. The highest BCUT2D eigenvalue weighted by molar-refractivity contribution is 5.47. The molecule has 6 nitrogen and oxygen atoms in total. The van der Waals surface area contributed by atoms with Gasteiger partial charge in [0, 0.05) is 0 Å². The van der Waals surface area contributed by atoms with Gasteiger partial charge in [-0.05, 0) is 16.7 Å². The van der Waals surface area contributed by atoms with Crippen molar-refractivity contribution >= 4 is 0 Å². The molecule has 0 aliphatic carbocycles. The van der Waals surface area contributed by atoms with E-state index in [0.717, 1.165) is 16.7 Å². The molecule has 3 N–H and O–H groups in total. The molecule has 0 amide bonds. The van der Waals surface area contributed by atoms with Gasteiger partial charge in [0.1, 0.15) is 30.0 Å². The third kappa shape index (κ3) is 4.83. The van der Waals surface area contributed by atoms with E-state index >= 15 is 0 Å². The van der Waals surface area contributed by atoms with Crippen LogP contribution < -0.4 is 0 Å². The van der Waals surface area contributed by atoms with Gasteiger partial charge < -0.3 is 29.5 Å². The largest absolute Gasteiger partial charge is 0.387 e. The number of ether oxygens (including phenoxy) is 3. The number of hydrogen-bond acceptors (Lipinski definition) is 6. The van der Waals surface area contributed by atoms with Crippen molar-refractivity contribution in [3.63, 3.8) is 0 Å². The Morgan fingerprint density at radius 1 is 0.735 bits per heavy atom. The molecule has 1 unspecified atom stereocenters. The summed E-state index contributed by atoms with van der Waals surface area (Å²) >= 11 is 0. The van der Waals surface area contributed by atoms with Gasteiger partial charge in [0.15, 0.2) is 6.29 Å². The van der Waals surface area contributed by atoms with Crippen molar-refractivity contribution in [1.82, 2.24) is 0 Å². The highest BCUT2D eigenvalue weighted by Crippen LogP contribution is 2.41. The zero-order chi connectivity index (χ0) is 24.0. The van der Waals surface area contributed by atoms with E-state index in [0.29, 0.717) is 0 Å². The number of aliphatic hydroxyl groups is 3. The molecule has 34 heavy (non-hydrogen) atoms. The average molecular weight is 463 g/mol. The van der Waals surface area contributed by atoms with Gasteiger partial charge in [0.05, 0.1) is 13.2 Å². The maximum Gasteiger partial charge on any atom is 0.187 e. The van der Waals surface area contributed by atoms with Gasteiger partial charge in [-0.15, -0.1) is 6.58 Å². The van der Waals surface area contributed by atoms with Crippen molar-refractivity contribution < 1.29 is 29.5 Å². The topological polar surface area (TPSA) is 88.4 Å². The van der Waals surface area contributed by atoms with Crippen LogP contribution in [0.25, 0.3) is 0 Å². The molecule has 0 aromatic heterocycles. The first-order valence-corrected chi connectivity index (χ1v) is 11.3. The zero-order valence-corrected chi connectivity index (χ0v) is 18.8. The van der Waals surface area contributed by atoms with E-state index in [9.17, 15) is 15.3 Å². The van der Waals surface area contributed by atoms with E-state index < -0.39 is 36.3 Å². The molecule has 0 radical (unpaired) electrons. The SMILES string of the molecule is C=CCOC1O[C@H](COC(c2ccccc2)(c2ccccc2)c2ccccc2)[C@@H](O)[C@H](O)[C@H]1O. The lowest BCUT2D eigenvalue weighted by Gasteiger charge is -2.42. The van der Waals surface area contributed by atoms with Gasteiger partial charge in [-0.1, -0.05) is 97.1 Å². The third-order valence-electron chi connectivity index (χ3n) is 6.05. The maximum absolute atomic E-state index is 10.7. The van der Waals surface area contributed by atoms with Gasteiger partial charge in [-0.2, -0.15) is 0 Å². The Morgan fingerprint density at radius 2 is 1.21 bits per heavy atom. The lowest BCUT2D eigenvalue weighted by molar-refractivity contribution is -0.303. The molecular weight excluding hydrogens is 432 g/mol.